The topological polar surface area (TPSA) is 78.3 Å². The summed E-state index contributed by atoms with van der Waals surface area (Å²) in [5.74, 6) is -0.967. The summed E-state index contributed by atoms with van der Waals surface area (Å²) in [6, 6.07) is 9.18. The fourth-order valence-electron chi connectivity index (χ4n) is 2.76. The van der Waals surface area contributed by atoms with Crippen LogP contribution < -0.4 is 14.8 Å². The van der Waals surface area contributed by atoms with E-state index < -0.39 is 29.3 Å². The average molecular weight is 424 g/mol. The molecule has 0 radical (unpaired) electrons. The van der Waals surface area contributed by atoms with Gasteiger partial charge in [-0.05, 0) is 36.4 Å². The molecule has 0 unspecified atom stereocenters. The summed E-state index contributed by atoms with van der Waals surface area (Å²) >= 11 is 0. The van der Waals surface area contributed by atoms with Crippen molar-refractivity contribution < 1.29 is 31.8 Å². The SMILES string of the molecule is COc1ccc(OC)c(CNC(=O)c2nnn(-c3cccc(F)c3)c2C(F)(F)F)c1. The van der Waals surface area contributed by atoms with Crippen LogP contribution in [0.3, 0.4) is 0 Å². The summed E-state index contributed by atoms with van der Waals surface area (Å²) in [4.78, 5) is 12.5. The van der Waals surface area contributed by atoms with Gasteiger partial charge in [0.1, 0.15) is 17.3 Å². The van der Waals surface area contributed by atoms with E-state index in [9.17, 15) is 22.4 Å². The number of carbonyl (C=O) groups is 1. The lowest BCUT2D eigenvalue weighted by molar-refractivity contribution is -0.143. The molecule has 0 saturated heterocycles. The maximum atomic E-state index is 13.7. The Morgan fingerprint density at radius 3 is 2.53 bits per heavy atom. The predicted octanol–water partition coefficient (Wildman–Crippen LogP) is 3.37. The fraction of sp³-hybridized carbons (Fsp3) is 0.211. The summed E-state index contributed by atoms with van der Waals surface area (Å²) in [6.45, 7) is -0.149. The number of carbonyl (C=O) groups excluding carboxylic acids is 1. The molecule has 1 amide bonds. The van der Waals surface area contributed by atoms with E-state index in [1.807, 2.05) is 0 Å². The molecule has 1 N–H and O–H groups in total. The quantitative estimate of drug-likeness (QED) is 0.614. The van der Waals surface area contributed by atoms with Crippen LogP contribution in [-0.2, 0) is 12.7 Å². The second kappa shape index (κ2) is 8.39. The summed E-state index contributed by atoms with van der Waals surface area (Å²) in [6.07, 6.45) is -4.96. The first-order valence-corrected chi connectivity index (χ1v) is 8.52. The van der Waals surface area contributed by atoms with E-state index in [-0.39, 0.29) is 12.2 Å². The van der Waals surface area contributed by atoms with Crippen LogP contribution >= 0.6 is 0 Å². The summed E-state index contributed by atoms with van der Waals surface area (Å²) in [5, 5.41) is 9.15. The number of alkyl halides is 3. The zero-order valence-corrected chi connectivity index (χ0v) is 15.8. The van der Waals surface area contributed by atoms with Gasteiger partial charge in [0.15, 0.2) is 11.4 Å². The first kappa shape index (κ1) is 21.1. The van der Waals surface area contributed by atoms with Gasteiger partial charge in [0, 0.05) is 12.1 Å². The molecule has 30 heavy (non-hydrogen) atoms. The Kier molecular flexibility index (Phi) is 5.90. The Morgan fingerprint density at radius 1 is 1.13 bits per heavy atom. The van der Waals surface area contributed by atoms with E-state index >= 15 is 0 Å². The third-order valence-corrected chi connectivity index (χ3v) is 4.13. The van der Waals surface area contributed by atoms with Crippen LogP contribution in [0.1, 0.15) is 21.7 Å². The highest BCUT2D eigenvalue weighted by Crippen LogP contribution is 2.33. The number of benzene rings is 2. The van der Waals surface area contributed by atoms with E-state index in [1.54, 1.807) is 18.2 Å². The molecule has 0 aliphatic carbocycles. The highest BCUT2D eigenvalue weighted by atomic mass is 19.4. The van der Waals surface area contributed by atoms with Crippen LogP contribution in [0.15, 0.2) is 42.5 Å². The summed E-state index contributed by atoms with van der Waals surface area (Å²) in [5.41, 5.74) is -2.09. The Hall–Kier alpha value is -3.63. The van der Waals surface area contributed by atoms with E-state index in [0.29, 0.717) is 21.7 Å². The number of halogens is 4. The molecule has 1 aromatic heterocycles. The molecule has 3 rings (SSSR count). The lowest BCUT2D eigenvalue weighted by Gasteiger charge is -2.13. The van der Waals surface area contributed by atoms with Crippen molar-refractivity contribution in [1.82, 2.24) is 20.3 Å². The number of aromatic nitrogens is 3. The normalized spacial score (nSPS) is 11.3. The fourth-order valence-corrected chi connectivity index (χ4v) is 2.76. The van der Waals surface area contributed by atoms with Gasteiger partial charge in [0.2, 0.25) is 0 Å². The molecule has 1 heterocycles. The van der Waals surface area contributed by atoms with Crippen molar-refractivity contribution in [3.8, 4) is 17.2 Å². The van der Waals surface area contributed by atoms with E-state index in [4.69, 9.17) is 9.47 Å². The van der Waals surface area contributed by atoms with Gasteiger partial charge < -0.3 is 14.8 Å². The molecule has 3 aromatic rings. The number of hydrogen-bond acceptors (Lipinski definition) is 5. The van der Waals surface area contributed by atoms with Gasteiger partial charge in [-0.3, -0.25) is 4.79 Å². The van der Waals surface area contributed by atoms with Crippen molar-refractivity contribution in [2.45, 2.75) is 12.7 Å². The molecule has 158 valence electrons. The van der Waals surface area contributed by atoms with Gasteiger partial charge in [0.25, 0.3) is 5.91 Å². The zero-order chi connectivity index (χ0) is 21.9. The highest BCUT2D eigenvalue weighted by Gasteiger charge is 2.42. The van der Waals surface area contributed by atoms with Crippen LogP contribution in [-0.4, -0.2) is 35.1 Å². The number of amides is 1. The largest absolute Gasteiger partial charge is 0.497 e. The second-order valence-electron chi connectivity index (χ2n) is 6.04. The molecule has 0 aliphatic heterocycles. The smallest absolute Gasteiger partial charge is 0.435 e. The van der Waals surface area contributed by atoms with Crippen molar-refractivity contribution in [3.63, 3.8) is 0 Å². The third kappa shape index (κ3) is 4.34. The zero-order valence-electron chi connectivity index (χ0n) is 15.8. The van der Waals surface area contributed by atoms with Crippen molar-refractivity contribution in [2.24, 2.45) is 0 Å². The first-order valence-electron chi connectivity index (χ1n) is 8.52. The minimum absolute atomic E-state index is 0.149. The Bertz CT molecular complexity index is 1070. The van der Waals surface area contributed by atoms with Gasteiger partial charge in [-0.1, -0.05) is 11.3 Å². The van der Waals surface area contributed by atoms with Crippen LogP contribution in [0.2, 0.25) is 0 Å². The Labute approximate surface area is 168 Å². The monoisotopic (exact) mass is 424 g/mol. The van der Waals surface area contributed by atoms with E-state index in [1.165, 1.54) is 26.4 Å². The average Bonchev–Trinajstić information content (AvgIpc) is 3.17. The van der Waals surface area contributed by atoms with Crippen molar-refractivity contribution in [1.29, 1.82) is 0 Å². The minimum atomic E-state index is -4.96. The lowest BCUT2D eigenvalue weighted by atomic mass is 10.2. The second-order valence-corrected chi connectivity index (χ2v) is 6.04. The Balaban J connectivity index is 1.92. The molecule has 7 nitrogen and oxygen atoms in total. The van der Waals surface area contributed by atoms with Crippen molar-refractivity contribution >= 4 is 5.91 Å². The van der Waals surface area contributed by atoms with Crippen molar-refractivity contribution in [2.75, 3.05) is 14.2 Å². The number of nitrogens with one attached hydrogen (secondary N) is 1. The number of hydrogen-bond donors (Lipinski definition) is 1. The molecule has 0 atom stereocenters. The summed E-state index contributed by atoms with van der Waals surface area (Å²) in [7, 11) is 2.87. The van der Waals surface area contributed by atoms with Crippen LogP contribution in [0.4, 0.5) is 17.6 Å². The highest BCUT2D eigenvalue weighted by molar-refractivity contribution is 5.93. The molecule has 11 heteroatoms. The first-order chi connectivity index (χ1) is 14.2. The maximum absolute atomic E-state index is 13.7. The molecule has 0 aliphatic rings. The third-order valence-electron chi connectivity index (χ3n) is 4.13. The number of ether oxygens (including phenoxy) is 2. The molecule has 0 saturated carbocycles. The molecule has 0 spiro atoms. The maximum Gasteiger partial charge on any atom is 0.435 e. The summed E-state index contributed by atoms with van der Waals surface area (Å²) < 4.78 is 65.1. The molecule has 0 bridgehead atoms. The van der Waals surface area contributed by atoms with Crippen LogP contribution in [0, 0.1) is 5.82 Å². The number of methoxy groups -OCH3 is 2. The van der Waals surface area contributed by atoms with Crippen LogP contribution in [0.5, 0.6) is 11.5 Å². The van der Waals surface area contributed by atoms with Gasteiger partial charge in [-0.25, -0.2) is 9.07 Å². The van der Waals surface area contributed by atoms with Gasteiger partial charge in [-0.2, -0.15) is 13.2 Å². The molecular weight excluding hydrogens is 408 g/mol. The van der Waals surface area contributed by atoms with Crippen molar-refractivity contribution in [3.05, 3.63) is 65.2 Å². The van der Waals surface area contributed by atoms with Gasteiger partial charge in [0.05, 0.1) is 19.9 Å². The van der Waals surface area contributed by atoms with E-state index in [2.05, 4.69) is 15.6 Å². The van der Waals surface area contributed by atoms with Gasteiger partial charge in [-0.15, -0.1) is 5.10 Å². The number of rotatable bonds is 6. The molecule has 0 fully saturated rings. The molecule has 2 aromatic carbocycles. The molecular formula is C19H16F4N4O3. The minimum Gasteiger partial charge on any atom is -0.497 e. The van der Waals surface area contributed by atoms with Gasteiger partial charge >= 0.3 is 6.18 Å². The number of nitrogens with zero attached hydrogens (tertiary/aromatic N) is 3. The van der Waals surface area contributed by atoms with Crippen LogP contribution in [0.25, 0.3) is 5.69 Å². The Morgan fingerprint density at radius 2 is 1.90 bits per heavy atom. The standard InChI is InChI=1S/C19H16F4N4O3/c1-29-14-6-7-15(30-2)11(8-14)10-24-18(28)16-17(19(21,22)23)27(26-25-16)13-5-3-4-12(20)9-13/h3-9H,10H2,1-2H3,(H,24,28). The predicted molar refractivity (Wildman–Crippen MR) is 97.0 cm³/mol. The lowest BCUT2D eigenvalue weighted by Crippen LogP contribution is -2.27. The van der Waals surface area contributed by atoms with E-state index in [0.717, 1.165) is 12.1 Å².